The van der Waals surface area contributed by atoms with Gasteiger partial charge in [0.15, 0.2) is 0 Å². The van der Waals surface area contributed by atoms with Crippen LogP contribution in [0.15, 0.2) is 17.0 Å². The maximum atomic E-state index is 12.4. The molecule has 0 aromatic heterocycles. The van der Waals surface area contributed by atoms with Crippen LogP contribution in [0, 0.1) is 13.8 Å². The van der Waals surface area contributed by atoms with Gasteiger partial charge in [-0.1, -0.05) is 0 Å². The number of carbonyl (C=O) groups is 1. The summed E-state index contributed by atoms with van der Waals surface area (Å²) in [5.74, 6) is -0.288. The topological polar surface area (TPSA) is 92.5 Å². The number of nitrogens with one attached hydrogen (secondary N) is 1. The number of nitrogens with zero attached hydrogens (tertiary/aromatic N) is 1. The van der Waals surface area contributed by atoms with Crippen molar-refractivity contribution in [3.05, 3.63) is 23.3 Å². The summed E-state index contributed by atoms with van der Waals surface area (Å²) in [5.41, 5.74) is 7.72. The fourth-order valence-corrected chi connectivity index (χ4v) is 3.27. The van der Waals surface area contributed by atoms with E-state index in [9.17, 15) is 13.2 Å². The van der Waals surface area contributed by atoms with Gasteiger partial charge in [-0.25, -0.2) is 8.42 Å². The predicted molar refractivity (Wildman–Crippen MR) is 83.4 cm³/mol. The van der Waals surface area contributed by atoms with E-state index in [4.69, 9.17) is 5.73 Å². The van der Waals surface area contributed by atoms with E-state index in [1.54, 1.807) is 13.1 Å². The smallest absolute Gasteiger partial charge is 0.243 e. The van der Waals surface area contributed by atoms with Crippen molar-refractivity contribution in [2.45, 2.75) is 38.6 Å². The van der Waals surface area contributed by atoms with Crippen LogP contribution in [-0.2, 0) is 14.8 Å². The summed E-state index contributed by atoms with van der Waals surface area (Å²) in [5, 5.41) is 0. The highest BCUT2D eigenvalue weighted by Crippen LogP contribution is 2.22. The van der Waals surface area contributed by atoms with Crippen molar-refractivity contribution in [2.75, 3.05) is 19.3 Å². The SMILES string of the molecule is CCN(C)C(=O)C(C)NS(=O)(=O)c1cc(C)c(C)cc1N. The van der Waals surface area contributed by atoms with Gasteiger partial charge >= 0.3 is 0 Å². The predicted octanol–water partition coefficient (Wildman–Crippen LogP) is 1.03. The van der Waals surface area contributed by atoms with Crippen LogP contribution in [0.25, 0.3) is 0 Å². The highest BCUT2D eigenvalue weighted by Gasteiger charge is 2.25. The van der Waals surface area contributed by atoms with Gasteiger partial charge in [-0.15, -0.1) is 0 Å². The van der Waals surface area contributed by atoms with Gasteiger partial charge in [-0.05, 0) is 51.0 Å². The lowest BCUT2D eigenvalue weighted by Crippen LogP contribution is -2.45. The maximum Gasteiger partial charge on any atom is 0.243 e. The third-order valence-electron chi connectivity index (χ3n) is 3.47. The number of anilines is 1. The van der Waals surface area contributed by atoms with Gasteiger partial charge in [0.05, 0.1) is 11.7 Å². The molecule has 0 radical (unpaired) electrons. The molecule has 1 rings (SSSR count). The standard InChI is InChI=1S/C14H23N3O3S/c1-6-17(5)14(18)11(4)16-21(19,20)13-8-10(3)9(2)7-12(13)15/h7-8,11,16H,6,15H2,1-5H3. The van der Waals surface area contributed by atoms with E-state index in [0.29, 0.717) is 6.54 Å². The fraction of sp³-hybridized carbons (Fsp3) is 0.500. The van der Waals surface area contributed by atoms with Crippen molar-refractivity contribution in [3.63, 3.8) is 0 Å². The highest BCUT2D eigenvalue weighted by atomic mass is 32.2. The minimum absolute atomic E-state index is 0.00408. The van der Waals surface area contributed by atoms with Crippen molar-refractivity contribution in [1.29, 1.82) is 0 Å². The van der Waals surface area contributed by atoms with E-state index in [1.807, 2.05) is 20.8 Å². The van der Waals surface area contributed by atoms with Crippen LogP contribution in [0.5, 0.6) is 0 Å². The second kappa shape index (κ2) is 6.44. The van der Waals surface area contributed by atoms with Crippen LogP contribution < -0.4 is 10.5 Å². The number of benzene rings is 1. The molecule has 1 aromatic carbocycles. The summed E-state index contributed by atoms with van der Waals surface area (Å²) < 4.78 is 27.1. The van der Waals surface area contributed by atoms with Gasteiger partial charge in [-0.2, -0.15) is 4.72 Å². The summed E-state index contributed by atoms with van der Waals surface area (Å²) in [6.07, 6.45) is 0. The molecule has 0 aliphatic heterocycles. The molecule has 0 saturated heterocycles. The van der Waals surface area contributed by atoms with Crippen molar-refractivity contribution in [3.8, 4) is 0 Å². The van der Waals surface area contributed by atoms with Gasteiger partial charge in [-0.3, -0.25) is 4.79 Å². The molecule has 0 aliphatic carbocycles. The average molecular weight is 313 g/mol. The Morgan fingerprint density at radius 1 is 1.33 bits per heavy atom. The third-order valence-corrected chi connectivity index (χ3v) is 5.07. The van der Waals surface area contributed by atoms with Crippen LogP contribution in [-0.4, -0.2) is 38.9 Å². The number of aryl methyl sites for hydroxylation is 2. The molecule has 7 heteroatoms. The Bertz CT molecular complexity index is 641. The number of hydrogen-bond acceptors (Lipinski definition) is 4. The van der Waals surface area contributed by atoms with E-state index < -0.39 is 16.1 Å². The van der Waals surface area contributed by atoms with Crippen LogP contribution in [0.3, 0.4) is 0 Å². The lowest BCUT2D eigenvalue weighted by atomic mass is 10.1. The Morgan fingerprint density at radius 2 is 1.86 bits per heavy atom. The number of likely N-dealkylation sites (N-methyl/N-ethyl adjacent to an activating group) is 1. The summed E-state index contributed by atoms with van der Waals surface area (Å²) in [4.78, 5) is 13.4. The van der Waals surface area contributed by atoms with E-state index in [1.165, 1.54) is 17.9 Å². The molecule has 1 unspecified atom stereocenters. The minimum Gasteiger partial charge on any atom is -0.398 e. The first-order valence-electron chi connectivity index (χ1n) is 6.74. The van der Waals surface area contributed by atoms with E-state index >= 15 is 0 Å². The van der Waals surface area contributed by atoms with Crippen LogP contribution >= 0.6 is 0 Å². The fourth-order valence-electron chi connectivity index (χ4n) is 1.88. The zero-order chi connectivity index (χ0) is 16.4. The molecule has 0 fully saturated rings. The number of hydrogen-bond donors (Lipinski definition) is 2. The van der Waals surface area contributed by atoms with Gasteiger partial charge in [0.2, 0.25) is 15.9 Å². The highest BCUT2D eigenvalue weighted by molar-refractivity contribution is 7.89. The number of sulfonamides is 1. The minimum atomic E-state index is -3.84. The third kappa shape index (κ3) is 3.95. The molecule has 0 bridgehead atoms. The van der Waals surface area contributed by atoms with E-state index in [2.05, 4.69) is 4.72 Å². The average Bonchev–Trinajstić information content (AvgIpc) is 2.40. The van der Waals surface area contributed by atoms with Crippen molar-refractivity contribution >= 4 is 21.6 Å². The van der Waals surface area contributed by atoms with Crippen LogP contribution in [0.4, 0.5) is 5.69 Å². The van der Waals surface area contributed by atoms with Gasteiger partial charge < -0.3 is 10.6 Å². The summed E-state index contributed by atoms with van der Waals surface area (Å²) in [6, 6.07) is 2.29. The Morgan fingerprint density at radius 3 is 2.38 bits per heavy atom. The summed E-state index contributed by atoms with van der Waals surface area (Å²) in [6.45, 7) is 7.52. The van der Waals surface area contributed by atoms with Crippen LogP contribution in [0.2, 0.25) is 0 Å². The molecule has 0 aliphatic rings. The van der Waals surface area contributed by atoms with Crippen molar-refractivity contribution < 1.29 is 13.2 Å². The second-order valence-corrected chi connectivity index (χ2v) is 6.85. The van der Waals surface area contributed by atoms with Crippen molar-refractivity contribution in [2.24, 2.45) is 0 Å². The Hall–Kier alpha value is -1.60. The molecular formula is C14H23N3O3S. The lowest BCUT2D eigenvalue weighted by molar-refractivity contribution is -0.131. The van der Waals surface area contributed by atoms with E-state index in [-0.39, 0.29) is 16.5 Å². The Balaban J connectivity index is 3.08. The Kier molecular flexibility index (Phi) is 5.36. The first kappa shape index (κ1) is 17.5. The molecule has 0 heterocycles. The molecule has 118 valence electrons. The lowest BCUT2D eigenvalue weighted by Gasteiger charge is -2.21. The monoisotopic (exact) mass is 313 g/mol. The first-order valence-corrected chi connectivity index (χ1v) is 8.22. The summed E-state index contributed by atoms with van der Waals surface area (Å²) in [7, 11) is -2.22. The normalized spacial score (nSPS) is 13.0. The maximum absolute atomic E-state index is 12.4. The molecule has 3 N–H and O–H groups in total. The number of nitrogens with two attached hydrogens (primary N) is 1. The molecule has 0 spiro atoms. The largest absolute Gasteiger partial charge is 0.398 e. The zero-order valence-electron chi connectivity index (χ0n) is 13.1. The van der Waals surface area contributed by atoms with Crippen LogP contribution in [0.1, 0.15) is 25.0 Å². The quantitative estimate of drug-likeness (QED) is 0.794. The summed E-state index contributed by atoms with van der Waals surface area (Å²) >= 11 is 0. The van der Waals surface area contributed by atoms with Gasteiger partial charge in [0.1, 0.15) is 4.90 Å². The van der Waals surface area contributed by atoms with Gasteiger partial charge in [0.25, 0.3) is 0 Å². The molecule has 1 aromatic rings. The Labute approximate surface area is 126 Å². The molecule has 1 atom stereocenters. The van der Waals surface area contributed by atoms with E-state index in [0.717, 1.165) is 11.1 Å². The first-order chi connectivity index (χ1) is 9.60. The number of rotatable bonds is 5. The number of nitrogen functional groups attached to an aromatic ring is 1. The second-order valence-electron chi connectivity index (χ2n) is 5.17. The molecule has 0 saturated carbocycles. The number of amides is 1. The number of carbonyl (C=O) groups excluding carboxylic acids is 1. The zero-order valence-corrected chi connectivity index (χ0v) is 13.9. The van der Waals surface area contributed by atoms with Crippen molar-refractivity contribution in [1.82, 2.24) is 9.62 Å². The molecule has 6 nitrogen and oxygen atoms in total. The molecule has 21 heavy (non-hydrogen) atoms. The van der Waals surface area contributed by atoms with Gasteiger partial charge in [0, 0.05) is 13.6 Å². The molecule has 1 amide bonds. The molecular weight excluding hydrogens is 290 g/mol.